The van der Waals surface area contributed by atoms with Gasteiger partial charge < -0.3 is 9.52 Å². The third-order valence-corrected chi connectivity index (χ3v) is 3.43. The zero-order chi connectivity index (χ0) is 11.1. The Bertz CT molecular complexity index is 382. The van der Waals surface area contributed by atoms with Crippen molar-refractivity contribution in [3.63, 3.8) is 0 Å². The lowest BCUT2D eigenvalue weighted by molar-refractivity contribution is -0.159. The van der Waals surface area contributed by atoms with Gasteiger partial charge in [-0.1, -0.05) is 0 Å². The van der Waals surface area contributed by atoms with E-state index in [4.69, 9.17) is 9.52 Å². The molecule has 82 valence electrons. The van der Waals surface area contributed by atoms with E-state index in [0.717, 1.165) is 10.2 Å². The van der Waals surface area contributed by atoms with Crippen LogP contribution in [0.15, 0.2) is 21.2 Å². The van der Waals surface area contributed by atoms with E-state index in [1.807, 2.05) is 6.07 Å². The predicted molar refractivity (Wildman–Crippen MR) is 57.4 cm³/mol. The number of carboxylic acid groups (broad SMARTS) is 1. The highest BCUT2D eigenvalue weighted by Crippen LogP contribution is 2.32. The van der Waals surface area contributed by atoms with Gasteiger partial charge in [0.1, 0.15) is 5.76 Å². The summed E-state index contributed by atoms with van der Waals surface area (Å²) in [6.07, 6.45) is 1.62. The van der Waals surface area contributed by atoms with Crippen molar-refractivity contribution in [1.29, 1.82) is 0 Å². The van der Waals surface area contributed by atoms with Gasteiger partial charge in [-0.15, -0.1) is 0 Å². The standard InChI is InChI=1S/C10H12BrNO3/c1-10(9(13)14)5-12(6-10)4-8-7(11)2-3-15-8/h2-3H,4-6H2,1H3,(H,13,14). The smallest absolute Gasteiger partial charge is 0.311 e. The lowest BCUT2D eigenvalue weighted by Crippen LogP contribution is -2.58. The fraction of sp³-hybridized carbons (Fsp3) is 0.500. The Morgan fingerprint density at radius 1 is 1.73 bits per heavy atom. The monoisotopic (exact) mass is 273 g/mol. The summed E-state index contributed by atoms with van der Waals surface area (Å²) in [6.45, 7) is 3.59. The number of aliphatic carboxylic acids is 1. The molecule has 4 nitrogen and oxygen atoms in total. The lowest BCUT2D eigenvalue weighted by atomic mass is 9.82. The van der Waals surface area contributed by atoms with Gasteiger partial charge in [0.25, 0.3) is 0 Å². The van der Waals surface area contributed by atoms with E-state index >= 15 is 0 Å². The van der Waals surface area contributed by atoms with Gasteiger partial charge in [0.05, 0.1) is 22.7 Å². The van der Waals surface area contributed by atoms with Crippen molar-refractivity contribution < 1.29 is 14.3 Å². The second-order valence-corrected chi connectivity index (χ2v) is 5.06. The number of hydrogen-bond acceptors (Lipinski definition) is 3. The minimum absolute atomic E-state index is 0.579. The molecule has 0 aliphatic carbocycles. The van der Waals surface area contributed by atoms with Crippen LogP contribution in [0.4, 0.5) is 0 Å². The van der Waals surface area contributed by atoms with Crippen LogP contribution < -0.4 is 0 Å². The van der Waals surface area contributed by atoms with Crippen LogP contribution in [0.25, 0.3) is 0 Å². The highest BCUT2D eigenvalue weighted by atomic mass is 79.9. The Labute approximate surface area is 96.0 Å². The molecule has 1 aromatic rings. The fourth-order valence-corrected chi connectivity index (χ4v) is 2.16. The third-order valence-electron chi connectivity index (χ3n) is 2.72. The zero-order valence-corrected chi connectivity index (χ0v) is 9.95. The average Bonchev–Trinajstić information content (AvgIpc) is 2.48. The predicted octanol–water partition coefficient (Wildman–Crippen LogP) is 1.95. The number of halogens is 1. The van der Waals surface area contributed by atoms with Gasteiger partial charge >= 0.3 is 5.97 Å². The maximum absolute atomic E-state index is 10.9. The first-order valence-electron chi connectivity index (χ1n) is 4.69. The van der Waals surface area contributed by atoms with E-state index in [-0.39, 0.29) is 0 Å². The summed E-state index contributed by atoms with van der Waals surface area (Å²) in [4.78, 5) is 12.9. The molecule has 0 saturated carbocycles. The summed E-state index contributed by atoms with van der Waals surface area (Å²) >= 11 is 3.37. The Morgan fingerprint density at radius 2 is 2.40 bits per heavy atom. The maximum Gasteiger partial charge on any atom is 0.311 e. The molecular weight excluding hydrogens is 262 g/mol. The first-order chi connectivity index (χ1) is 7.01. The SMILES string of the molecule is CC1(C(=O)O)CN(Cc2occc2Br)C1. The molecule has 0 aromatic carbocycles. The second kappa shape index (κ2) is 3.64. The van der Waals surface area contributed by atoms with Crippen LogP contribution in [-0.4, -0.2) is 29.1 Å². The van der Waals surface area contributed by atoms with E-state index in [1.54, 1.807) is 13.2 Å². The van der Waals surface area contributed by atoms with Crippen molar-refractivity contribution >= 4 is 21.9 Å². The number of likely N-dealkylation sites (tertiary alicyclic amines) is 1. The van der Waals surface area contributed by atoms with Crippen molar-refractivity contribution in [2.75, 3.05) is 13.1 Å². The van der Waals surface area contributed by atoms with E-state index in [2.05, 4.69) is 20.8 Å². The zero-order valence-electron chi connectivity index (χ0n) is 8.36. The number of carboxylic acids is 1. The molecule has 0 spiro atoms. The molecule has 1 N–H and O–H groups in total. The molecule has 15 heavy (non-hydrogen) atoms. The normalized spacial score (nSPS) is 19.9. The number of nitrogens with zero attached hydrogens (tertiary/aromatic N) is 1. The molecule has 1 saturated heterocycles. The molecule has 0 amide bonds. The topological polar surface area (TPSA) is 53.7 Å². The molecule has 5 heteroatoms. The second-order valence-electron chi connectivity index (χ2n) is 4.20. The molecule has 0 radical (unpaired) electrons. The van der Waals surface area contributed by atoms with Crippen LogP contribution >= 0.6 is 15.9 Å². The molecule has 1 fully saturated rings. The quantitative estimate of drug-likeness (QED) is 0.915. The molecule has 1 aliphatic rings. The number of hydrogen-bond donors (Lipinski definition) is 1. The van der Waals surface area contributed by atoms with Gasteiger partial charge in [-0.05, 0) is 28.9 Å². The average molecular weight is 274 g/mol. The van der Waals surface area contributed by atoms with Crippen LogP contribution in [0.2, 0.25) is 0 Å². The van der Waals surface area contributed by atoms with Crippen molar-refractivity contribution in [1.82, 2.24) is 4.90 Å². The minimum Gasteiger partial charge on any atom is -0.481 e. The summed E-state index contributed by atoms with van der Waals surface area (Å²) < 4.78 is 6.20. The Kier molecular flexibility index (Phi) is 2.60. The van der Waals surface area contributed by atoms with E-state index in [9.17, 15) is 4.79 Å². The molecule has 1 aliphatic heterocycles. The number of furan rings is 1. The molecule has 2 heterocycles. The van der Waals surface area contributed by atoms with Crippen LogP contribution in [0.5, 0.6) is 0 Å². The van der Waals surface area contributed by atoms with E-state index < -0.39 is 11.4 Å². The Hall–Kier alpha value is -0.810. The van der Waals surface area contributed by atoms with Crippen LogP contribution in [0, 0.1) is 5.41 Å². The molecule has 0 bridgehead atoms. The molecule has 0 unspecified atom stereocenters. The molecule has 0 atom stereocenters. The number of rotatable bonds is 3. The van der Waals surface area contributed by atoms with Crippen LogP contribution in [0.1, 0.15) is 12.7 Å². The van der Waals surface area contributed by atoms with Gasteiger partial charge in [0.15, 0.2) is 0 Å². The highest BCUT2D eigenvalue weighted by molar-refractivity contribution is 9.10. The minimum atomic E-state index is -0.725. The van der Waals surface area contributed by atoms with Crippen LogP contribution in [0.3, 0.4) is 0 Å². The molecule has 1 aromatic heterocycles. The first-order valence-corrected chi connectivity index (χ1v) is 5.48. The van der Waals surface area contributed by atoms with Gasteiger partial charge in [-0.2, -0.15) is 0 Å². The Morgan fingerprint density at radius 3 is 2.87 bits per heavy atom. The van der Waals surface area contributed by atoms with Crippen molar-refractivity contribution in [3.8, 4) is 0 Å². The third kappa shape index (κ3) is 1.94. The first kappa shape index (κ1) is 10.7. The van der Waals surface area contributed by atoms with Gasteiger partial charge in [0.2, 0.25) is 0 Å². The van der Waals surface area contributed by atoms with Gasteiger partial charge in [-0.25, -0.2) is 0 Å². The molecule has 2 rings (SSSR count). The van der Waals surface area contributed by atoms with Gasteiger partial charge in [-0.3, -0.25) is 9.69 Å². The summed E-state index contributed by atoms with van der Waals surface area (Å²) in [7, 11) is 0. The fourth-order valence-electron chi connectivity index (χ4n) is 1.83. The van der Waals surface area contributed by atoms with E-state index in [0.29, 0.717) is 19.6 Å². The number of carbonyl (C=O) groups is 1. The maximum atomic E-state index is 10.9. The Balaban J connectivity index is 1.92. The van der Waals surface area contributed by atoms with Gasteiger partial charge in [0, 0.05) is 13.1 Å². The molecular formula is C10H12BrNO3. The van der Waals surface area contributed by atoms with Crippen LogP contribution in [-0.2, 0) is 11.3 Å². The lowest BCUT2D eigenvalue weighted by Gasteiger charge is -2.44. The van der Waals surface area contributed by atoms with Crippen molar-refractivity contribution in [2.24, 2.45) is 5.41 Å². The summed E-state index contributed by atoms with van der Waals surface area (Å²) in [5.41, 5.74) is -0.584. The summed E-state index contributed by atoms with van der Waals surface area (Å²) in [6, 6.07) is 1.84. The summed E-state index contributed by atoms with van der Waals surface area (Å²) in [5.74, 6) is 0.125. The largest absolute Gasteiger partial charge is 0.481 e. The van der Waals surface area contributed by atoms with Crippen molar-refractivity contribution in [2.45, 2.75) is 13.5 Å². The highest BCUT2D eigenvalue weighted by Gasteiger charge is 2.45. The van der Waals surface area contributed by atoms with Crippen molar-refractivity contribution in [3.05, 3.63) is 22.6 Å². The summed E-state index contributed by atoms with van der Waals surface area (Å²) in [5, 5.41) is 8.93. The van der Waals surface area contributed by atoms with E-state index in [1.165, 1.54) is 0 Å².